The number of hydrogen-bond acceptors (Lipinski definition) is 1. The first-order chi connectivity index (χ1) is 8.58. The summed E-state index contributed by atoms with van der Waals surface area (Å²) < 4.78 is 8.70. The lowest BCUT2D eigenvalue weighted by molar-refractivity contribution is 0.379. The fourth-order valence-electron chi connectivity index (χ4n) is 2.10. The molecule has 0 atom stereocenters. The third kappa shape index (κ3) is 21.3. The van der Waals surface area contributed by atoms with Gasteiger partial charge in [0.1, 0.15) is 0 Å². The molecule has 0 aliphatic heterocycles. The van der Waals surface area contributed by atoms with Crippen LogP contribution in [0.15, 0.2) is 0 Å². The molecule has 0 fully saturated rings. The summed E-state index contributed by atoms with van der Waals surface area (Å²) in [7, 11) is -2.87. The largest absolute Gasteiger partial charge is 0.692 e. The normalized spacial score (nSPS) is 10.1. The van der Waals surface area contributed by atoms with Crippen LogP contribution >= 0.6 is 8.25 Å². The SMILES string of the molecule is CCCCCC(CCCC)CCCC.O=[P+](O)O. The molecule has 0 spiro atoms. The predicted octanol–water partition coefficient (Wildman–Crippen LogP) is 5.19. The van der Waals surface area contributed by atoms with Crippen molar-refractivity contribution in [1.29, 1.82) is 0 Å². The Morgan fingerprint density at radius 2 is 1.11 bits per heavy atom. The Balaban J connectivity index is 0. The van der Waals surface area contributed by atoms with Gasteiger partial charge in [-0.15, -0.1) is 9.79 Å². The van der Waals surface area contributed by atoms with Crippen molar-refractivity contribution in [2.24, 2.45) is 5.92 Å². The fourth-order valence-corrected chi connectivity index (χ4v) is 2.10. The first-order valence-corrected chi connectivity index (χ1v) is 8.59. The average molecular weight is 279 g/mol. The van der Waals surface area contributed by atoms with Gasteiger partial charge in [0.15, 0.2) is 0 Å². The molecular formula is C14H32O3P+. The first-order valence-electron chi connectivity index (χ1n) is 7.43. The lowest BCUT2D eigenvalue weighted by Crippen LogP contribution is -2.00. The molecule has 0 aromatic carbocycles. The molecule has 4 heteroatoms. The molecule has 0 aliphatic rings. The van der Waals surface area contributed by atoms with Gasteiger partial charge < -0.3 is 0 Å². The summed E-state index contributed by atoms with van der Waals surface area (Å²) in [6.07, 6.45) is 14.4. The van der Waals surface area contributed by atoms with Gasteiger partial charge in [0.25, 0.3) is 0 Å². The van der Waals surface area contributed by atoms with Crippen molar-refractivity contribution in [2.45, 2.75) is 85.0 Å². The van der Waals surface area contributed by atoms with Gasteiger partial charge in [-0.2, -0.15) is 0 Å². The Morgan fingerprint density at radius 1 is 0.778 bits per heavy atom. The van der Waals surface area contributed by atoms with Crippen LogP contribution in [0, 0.1) is 5.92 Å². The molecule has 0 aromatic heterocycles. The zero-order valence-corrected chi connectivity index (χ0v) is 13.3. The number of hydrogen-bond donors (Lipinski definition) is 2. The van der Waals surface area contributed by atoms with E-state index < -0.39 is 8.25 Å². The molecule has 0 saturated carbocycles. The van der Waals surface area contributed by atoms with E-state index in [4.69, 9.17) is 14.4 Å². The van der Waals surface area contributed by atoms with Gasteiger partial charge in [-0.3, -0.25) is 0 Å². The van der Waals surface area contributed by atoms with Crippen molar-refractivity contribution in [3.05, 3.63) is 0 Å². The minimum atomic E-state index is -2.87. The maximum Gasteiger partial charge on any atom is 0.692 e. The molecule has 3 nitrogen and oxygen atoms in total. The standard InChI is InChI=1S/C14H30.HO3P/c1-4-7-10-13-14(11-8-5-2)12-9-6-3;1-4(2)3/h14H,4-13H2,1-3H3;(H-,1,2,3)/p+1. The van der Waals surface area contributed by atoms with Crippen LogP contribution in [0.4, 0.5) is 0 Å². The molecule has 0 radical (unpaired) electrons. The van der Waals surface area contributed by atoms with E-state index in [1.54, 1.807) is 0 Å². The van der Waals surface area contributed by atoms with Crippen molar-refractivity contribution < 1.29 is 14.4 Å². The van der Waals surface area contributed by atoms with Gasteiger partial charge in [-0.05, 0) is 5.92 Å². The maximum atomic E-state index is 8.70. The van der Waals surface area contributed by atoms with Gasteiger partial charge in [0.2, 0.25) is 0 Å². The molecule has 0 saturated heterocycles. The predicted molar refractivity (Wildman–Crippen MR) is 78.7 cm³/mol. The van der Waals surface area contributed by atoms with E-state index in [9.17, 15) is 0 Å². The summed E-state index contributed by atoms with van der Waals surface area (Å²) in [6.45, 7) is 6.92. The molecule has 0 heterocycles. The average Bonchev–Trinajstić information content (AvgIpc) is 2.31. The minimum Gasteiger partial charge on any atom is -0.134 e. The molecular weight excluding hydrogens is 247 g/mol. The molecule has 0 aliphatic carbocycles. The second-order valence-electron chi connectivity index (χ2n) is 4.90. The monoisotopic (exact) mass is 279 g/mol. The van der Waals surface area contributed by atoms with Crippen molar-refractivity contribution in [2.75, 3.05) is 0 Å². The van der Waals surface area contributed by atoms with Crippen molar-refractivity contribution in [1.82, 2.24) is 0 Å². The molecule has 18 heavy (non-hydrogen) atoms. The molecule has 0 rings (SSSR count). The van der Waals surface area contributed by atoms with Crippen LogP contribution in [0.3, 0.4) is 0 Å². The maximum absolute atomic E-state index is 8.70. The molecule has 0 amide bonds. The Kier molecular flexibility index (Phi) is 19.2. The number of unbranched alkanes of at least 4 members (excludes halogenated alkanes) is 4. The van der Waals surface area contributed by atoms with Crippen molar-refractivity contribution in [3.8, 4) is 0 Å². The van der Waals surface area contributed by atoms with E-state index in [1.165, 1.54) is 64.2 Å². The van der Waals surface area contributed by atoms with Crippen LogP contribution in [-0.2, 0) is 4.57 Å². The summed E-state index contributed by atoms with van der Waals surface area (Å²) >= 11 is 0. The van der Waals surface area contributed by atoms with Gasteiger partial charge in [-0.1, -0.05) is 85.0 Å². The van der Waals surface area contributed by atoms with Crippen molar-refractivity contribution >= 4 is 8.25 Å². The zero-order chi connectivity index (χ0) is 14.2. The van der Waals surface area contributed by atoms with Crippen LogP contribution in [0.2, 0.25) is 0 Å². The lowest BCUT2D eigenvalue weighted by Gasteiger charge is -2.15. The summed E-state index contributed by atoms with van der Waals surface area (Å²) in [5, 5.41) is 0. The molecule has 0 aromatic rings. The van der Waals surface area contributed by atoms with Crippen molar-refractivity contribution in [3.63, 3.8) is 0 Å². The van der Waals surface area contributed by atoms with E-state index in [2.05, 4.69) is 20.8 Å². The van der Waals surface area contributed by atoms with E-state index >= 15 is 0 Å². The Bertz CT molecular complexity index is 162. The van der Waals surface area contributed by atoms with Crippen LogP contribution < -0.4 is 0 Å². The Hall–Kier alpha value is 0.0200. The summed E-state index contributed by atoms with van der Waals surface area (Å²) in [5.74, 6) is 1.04. The molecule has 0 bridgehead atoms. The summed E-state index contributed by atoms with van der Waals surface area (Å²) in [5.41, 5.74) is 0. The van der Waals surface area contributed by atoms with Crippen LogP contribution in [-0.4, -0.2) is 9.79 Å². The minimum absolute atomic E-state index is 1.04. The first kappa shape index (κ1) is 20.3. The third-order valence-corrected chi connectivity index (χ3v) is 3.15. The Morgan fingerprint density at radius 3 is 1.44 bits per heavy atom. The molecule has 0 unspecified atom stereocenters. The lowest BCUT2D eigenvalue weighted by atomic mass is 9.91. The van der Waals surface area contributed by atoms with Crippen LogP contribution in [0.25, 0.3) is 0 Å². The van der Waals surface area contributed by atoms with Gasteiger partial charge in [-0.25, -0.2) is 0 Å². The fraction of sp³-hybridized carbons (Fsp3) is 1.00. The second-order valence-corrected chi connectivity index (χ2v) is 5.40. The van der Waals surface area contributed by atoms with Gasteiger partial charge >= 0.3 is 8.25 Å². The molecule has 2 N–H and O–H groups in total. The van der Waals surface area contributed by atoms with E-state index in [1.807, 2.05) is 0 Å². The van der Waals surface area contributed by atoms with E-state index in [-0.39, 0.29) is 0 Å². The highest BCUT2D eigenvalue weighted by atomic mass is 31.1. The topological polar surface area (TPSA) is 57.5 Å². The van der Waals surface area contributed by atoms with Crippen LogP contribution in [0.5, 0.6) is 0 Å². The van der Waals surface area contributed by atoms with Gasteiger partial charge in [0.05, 0.1) is 0 Å². The second kappa shape index (κ2) is 17.0. The summed E-state index contributed by atoms with van der Waals surface area (Å²) in [6, 6.07) is 0. The van der Waals surface area contributed by atoms with E-state index in [0.717, 1.165) is 5.92 Å². The number of rotatable bonds is 10. The highest BCUT2D eigenvalue weighted by Gasteiger charge is 2.06. The van der Waals surface area contributed by atoms with E-state index in [0.29, 0.717) is 0 Å². The third-order valence-electron chi connectivity index (χ3n) is 3.15. The Labute approximate surface area is 114 Å². The zero-order valence-electron chi connectivity index (χ0n) is 12.4. The smallest absolute Gasteiger partial charge is 0.134 e. The quantitative estimate of drug-likeness (QED) is 0.427. The van der Waals surface area contributed by atoms with Crippen LogP contribution in [0.1, 0.15) is 85.0 Å². The molecule has 110 valence electrons. The summed E-state index contributed by atoms with van der Waals surface area (Å²) in [4.78, 5) is 14.2. The highest BCUT2D eigenvalue weighted by Crippen LogP contribution is 2.22. The van der Waals surface area contributed by atoms with Gasteiger partial charge in [0, 0.05) is 4.57 Å². The highest BCUT2D eigenvalue weighted by molar-refractivity contribution is 7.30.